The van der Waals surface area contributed by atoms with E-state index in [1.165, 1.54) is 112 Å². The molecule has 1 nitrogen and oxygen atoms in total. The van der Waals surface area contributed by atoms with Crippen LogP contribution in [0.4, 0.5) is 0 Å². The predicted molar refractivity (Wildman–Crippen MR) is 147 cm³/mol. The van der Waals surface area contributed by atoms with Gasteiger partial charge >= 0.3 is 0 Å². The van der Waals surface area contributed by atoms with Crippen LogP contribution in [0, 0.1) is 11.8 Å². The van der Waals surface area contributed by atoms with E-state index in [0.717, 1.165) is 18.3 Å². The molecule has 186 valence electrons. The topological polar surface area (TPSA) is 9.23 Å². The van der Waals surface area contributed by atoms with Crippen molar-refractivity contribution in [1.82, 2.24) is 0 Å². The van der Waals surface area contributed by atoms with Crippen molar-refractivity contribution in [2.75, 3.05) is 7.11 Å². The Labute approximate surface area is 210 Å². The number of benzene rings is 2. The predicted octanol–water partition coefficient (Wildman–Crippen LogP) is 9.27. The largest absolute Gasteiger partial charge is 0.380 e. The van der Waals surface area contributed by atoms with Gasteiger partial charge in [0.2, 0.25) is 0 Å². The summed E-state index contributed by atoms with van der Waals surface area (Å²) in [5.74, 6) is 1.99. The zero-order valence-corrected chi connectivity index (χ0v) is 21.8. The maximum atomic E-state index is 5.20. The van der Waals surface area contributed by atoms with Crippen LogP contribution in [0.5, 0.6) is 0 Å². The number of hydrogen-bond donors (Lipinski definition) is 0. The van der Waals surface area contributed by atoms with Crippen LogP contribution in [0.15, 0.2) is 61.2 Å². The van der Waals surface area contributed by atoms with Crippen molar-refractivity contribution in [3.8, 4) is 0 Å². The van der Waals surface area contributed by atoms with Gasteiger partial charge in [0.15, 0.2) is 0 Å². The molecule has 0 atom stereocenters. The fraction of sp³-hybridized carbons (Fsp3) is 0.576. The van der Waals surface area contributed by atoms with Crippen LogP contribution in [0.1, 0.15) is 99.3 Å². The van der Waals surface area contributed by atoms with Gasteiger partial charge in [-0.05, 0) is 79.0 Å². The van der Waals surface area contributed by atoms with E-state index in [1.54, 1.807) is 7.11 Å². The van der Waals surface area contributed by atoms with Gasteiger partial charge in [0.1, 0.15) is 0 Å². The molecule has 1 aliphatic rings. The van der Waals surface area contributed by atoms with E-state index in [2.05, 4.69) is 55.1 Å². The van der Waals surface area contributed by atoms with E-state index in [9.17, 15) is 0 Å². The van der Waals surface area contributed by atoms with Crippen LogP contribution in [-0.2, 0) is 30.6 Å². The minimum Gasteiger partial charge on any atom is -0.380 e. The van der Waals surface area contributed by atoms with Gasteiger partial charge in [0.05, 0.1) is 6.61 Å². The highest BCUT2D eigenvalue weighted by Crippen LogP contribution is 2.34. The summed E-state index contributed by atoms with van der Waals surface area (Å²) in [6.07, 6.45) is 22.3. The number of aryl methyl sites for hydroxylation is 3. The van der Waals surface area contributed by atoms with Gasteiger partial charge in [0.25, 0.3) is 0 Å². The van der Waals surface area contributed by atoms with Crippen molar-refractivity contribution >= 4 is 0 Å². The highest BCUT2D eigenvalue weighted by Gasteiger charge is 2.20. The summed E-state index contributed by atoms with van der Waals surface area (Å²) in [6.45, 7) is 4.53. The standard InChI is InChI=1S/C33H48O/c1-3-4-5-10-28-15-17-29(18-16-28)11-6-7-12-30-19-21-31(22-20-30)13-8-9-14-32-23-25-33(26-24-32)27-34-2/h3,15-18,23-26,30-31H,1,4-14,19-22,27H2,2H3. The molecule has 3 rings (SSSR count). The van der Waals surface area contributed by atoms with Crippen LogP contribution in [-0.4, -0.2) is 7.11 Å². The molecular formula is C33H48O. The van der Waals surface area contributed by atoms with E-state index in [1.807, 2.05) is 6.08 Å². The first-order valence-corrected chi connectivity index (χ1v) is 14.0. The normalized spacial score (nSPS) is 18.1. The summed E-state index contributed by atoms with van der Waals surface area (Å²) in [5, 5.41) is 0. The maximum Gasteiger partial charge on any atom is 0.0713 e. The molecule has 0 saturated heterocycles. The number of rotatable bonds is 16. The van der Waals surface area contributed by atoms with Crippen molar-refractivity contribution in [2.24, 2.45) is 11.8 Å². The number of ether oxygens (including phenoxy) is 1. The molecule has 1 heteroatoms. The Morgan fingerprint density at radius 3 is 1.47 bits per heavy atom. The van der Waals surface area contributed by atoms with Crippen molar-refractivity contribution in [2.45, 2.75) is 103 Å². The fourth-order valence-electron chi connectivity index (χ4n) is 5.63. The van der Waals surface area contributed by atoms with Gasteiger partial charge in [-0.15, -0.1) is 6.58 Å². The van der Waals surface area contributed by atoms with Crippen LogP contribution in [0.3, 0.4) is 0 Å². The maximum absolute atomic E-state index is 5.20. The van der Waals surface area contributed by atoms with Gasteiger partial charge in [-0.25, -0.2) is 0 Å². The molecule has 0 aliphatic heterocycles. The van der Waals surface area contributed by atoms with E-state index < -0.39 is 0 Å². The number of unbranched alkanes of at least 4 members (excludes halogenated alkanes) is 3. The molecule has 2 aromatic carbocycles. The molecule has 0 bridgehead atoms. The molecular weight excluding hydrogens is 412 g/mol. The molecule has 0 amide bonds. The lowest BCUT2D eigenvalue weighted by molar-refractivity contribution is 0.185. The van der Waals surface area contributed by atoms with Gasteiger partial charge in [-0.1, -0.05) is 106 Å². The summed E-state index contributed by atoms with van der Waals surface area (Å²) < 4.78 is 5.20. The van der Waals surface area contributed by atoms with Crippen molar-refractivity contribution in [3.05, 3.63) is 83.4 Å². The molecule has 2 aromatic rings. The molecule has 0 spiro atoms. The van der Waals surface area contributed by atoms with Crippen molar-refractivity contribution in [1.29, 1.82) is 0 Å². The summed E-state index contributed by atoms with van der Waals surface area (Å²) in [6, 6.07) is 18.3. The highest BCUT2D eigenvalue weighted by molar-refractivity contribution is 5.23. The Bertz CT molecular complexity index is 780. The second-order valence-electron chi connectivity index (χ2n) is 10.6. The lowest BCUT2D eigenvalue weighted by atomic mass is 9.78. The Balaban J connectivity index is 1.20. The Kier molecular flexibility index (Phi) is 12.5. The van der Waals surface area contributed by atoms with E-state index in [0.29, 0.717) is 6.61 Å². The van der Waals surface area contributed by atoms with Crippen molar-refractivity contribution < 1.29 is 4.74 Å². The Morgan fingerprint density at radius 2 is 1.06 bits per heavy atom. The summed E-state index contributed by atoms with van der Waals surface area (Å²) in [5.41, 5.74) is 5.73. The third-order valence-corrected chi connectivity index (χ3v) is 7.85. The second kappa shape index (κ2) is 15.9. The van der Waals surface area contributed by atoms with Crippen molar-refractivity contribution in [3.63, 3.8) is 0 Å². The fourth-order valence-corrected chi connectivity index (χ4v) is 5.63. The average molecular weight is 461 g/mol. The van der Waals surface area contributed by atoms with Crippen LogP contribution >= 0.6 is 0 Å². The Hall–Kier alpha value is -1.86. The number of methoxy groups -OCH3 is 1. The minimum absolute atomic E-state index is 0.716. The van der Waals surface area contributed by atoms with Crippen LogP contribution in [0.25, 0.3) is 0 Å². The summed E-state index contributed by atoms with van der Waals surface area (Å²) in [7, 11) is 1.76. The molecule has 0 N–H and O–H groups in total. The smallest absolute Gasteiger partial charge is 0.0713 e. The van der Waals surface area contributed by atoms with E-state index >= 15 is 0 Å². The zero-order chi connectivity index (χ0) is 23.8. The van der Waals surface area contributed by atoms with Gasteiger partial charge in [-0.2, -0.15) is 0 Å². The first kappa shape index (κ1) is 26.7. The third-order valence-electron chi connectivity index (χ3n) is 7.85. The van der Waals surface area contributed by atoms with Gasteiger partial charge in [-0.3, -0.25) is 0 Å². The molecule has 0 radical (unpaired) electrons. The lowest BCUT2D eigenvalue weighted by Crippen LogP contribution is -2.14. The molecule has 0 unspecified atom stereocenters. The average Bonchev–Trinajstić information content (AvgIpc) is 2.87. The van der Waals surface area contributed by atoms with Crippen LogP contribution in [0.2, 0.25) is 0 Å². The molecule has 0 heterocycles. The third kappa shape index (κ3) is 10.2. The minimum atomic E-state index is 0.716. The Morgan fingerprint density at radius 1 is 0.647 bits per heavy atom. The highest BCUT2D eigenvalue weighted by atomic mass is 16.5. The van der Waals surface area contributed by atoms with E-state index in [4.69, 9.17) is 4.74 Å². The van der Waals surface area contributed by atoms with Gasteiger partial charge in [0, 0.05) is 7.11 Å². The molecule has 1 fully saturated rings. The zero-order valence-electron chi connectivity index (χ0n) is 21.8. The first-order valence-electron chi connectivity index (χ1n) is 14.0. The molecule has 1 aliphatic carbocycles. The second-order valence-corrected chi connectivity index (χ2v) is 10.6. The van der Waals surface area contributed by atoms with E-state index in [-0.39, 0.29) is 0 Å². The van der Waals surface area contributed by atoms with Crippen LogP contribution < -0.4 is 0 Å². The number of hydrogen-bond acceptors (Lipinski definition) is 1. The first-order chi connectivity index (χ1) is 16.8. The lowest BCUT2D eigenvalue weighted by Gasteiger charge is -2.28. The quantitative estimate of drug-likeness (QED) is 0.179. The molecule has 0 aromatic heterocycles. The number of allylic oxidation sites excluding steroid dienone is 1. The monoisotopic (exact) mass is 460 g/mol. The molecule has 1 saturated carbocycles. The molecule has 34 heavy (non-hydrogen) atoms. The summed E-state index contributed by atoms with van der Waals surface area (Å²) >= 11 is 0. The summed E-state index contributed by atoms with van der Waals surface area (Å²) in [4.78, 5) is 0. The van der Waals surface area contributed by atoms with Gasteiger partial charge < -0.3 is 4.74 Å². The SMILES string of the molecule is C=CCCCc1ccc(CCCCC2CCC(CCCCc3ccc(COC)cc3)CC2)cc1.